The van der Waals surface area contributed by atoms with E-state index in [1.807, 2.05) is 11.9 Å². The molecule has 0 spiro atoms. The lowest BCUT2D eigenvalue weighted by atomic mass is 9.90. The molecule has 3 N–H and O–H groups in total. The summed E-state index contributed by atoms with van der Waals surface area (Å²) in [7, 11) is 1.98. The lowest BCUT2D eigenvalue weighted by Gasteiger charge is -2.34. The van der Waals surface area contributed by atoms with Gasteiger partial charge in [0.1, 0.15) is 5.92 Å². The van der Waals surface area contributed by atoms with Crippen molar-refractivity contribution >= 4 is 11.8 Å². The number of hydrogen-bond donors (Lipinski definition) is 2. The molecule has 0 aromatic heterocycles. The van der Waals surface area contributed by atoms with Gasteiger partial charge in [-0.15, -0.1) is 0 Å². The Hall–Kier alpha value is -1.10. The van der Waals surface area contributed by atoms with Crippen LogP contribution < -0.4 is 11.1 Å². The van der Waals surface area contributed by atoms with E-state index < -0.39 is 11.8 Å². The van der Waals surface area contributed by atoms with Crippen molar-refractivity contribution in [1.29, 1.82) is 0 Å². The van der Waals surface area contributed by atoms with Gasteiger partial charge in [0.2, 0.25) is 11.8 Å². The maximum absolute atomic E-state index is 12.0. The first kappa shape index (κ1) is 12.4. The van der Waals surface area contributed by atoms with Crippen LogP contribution in [0.15, 0.2) is 0 Å². The molecule has 0 bridgehead atoms. The number of primary amides is 1. The Labute approximate surface area is 102 Å². The van der Waals surface area contributed by atoms with Crippen LogP contribution in [-0.4, -0.2) is 42.4 Å². The minimum Gasteiger partial charge on any atom is -0.369 e. The Morgan fingerprint density at radius 2 is 1.94 bits per heavy atom. The molecular weight excluding hydrogens is 218 g/mol. The van der Waals surface area contributed by atoms with Crippen molar-refractivity contribution in [3.05, 3.63) is 0 Å². The number of nitrogens with zero attached hydrogens (tertiary/aromatic N) is 1. The van der Waals surface area contributed by atoms with E-state index in [1.165, 1.54) is 0 Å². The molecule has 0 radical (unpaired) electrons. The second-order valence-electron chi connectivity index (χ2n) is 5.07. The van der Waals surface area contributed by atoms with Crippen LogP contribution in [0.2, 0.25) is 0 Å². The highest BCUT2D eigenvalue weighted by Crippen LogP contribution is 2.28. The van der Waals surface area contributed by atoms with Crippen LogP contribution in [-0.2, 0) is 9.59 Å². The maximum Gasteiger partial charge on any atom is 0.235 e. The van der Waals surface area contributed by atoms with Crippen LogP contribution in [0.1, 0.15) is 32.1 Å². The minimum atomic E-state index is -0.572. The summed E-state index contributed by atoms with van der Waals surface area (Å²) in [6.45, 7) is 0.696. The smallest absolute Gasteiger partial charge is 0.235 e. The van der Waals surface area contributed by atoms with Crippen LogP contribution >= 0.6 is 0 Å². The molecule has 96 valence electrons. The molecule has 2 amide bonds. The molecule has 5 heteroatoms. The SMILES string of the molecule is CN[C@H]1CC[C@H](N2CCC(C(N)=O)C2=O)CC1. The van der Waals surface area contributed by atoms with Crippen molar-refractivity contribution in [1.82, 2.24) is 10.2 Å². The Morgan fingerprint density at radius 1 is 1.29 bits per heavy atom. The normalized spacial score (nSPS) is 34.1. The van der Waals surface area contributed by atoms with E-state index in [1.54, 1.807) is 0 Å². The van der Waals surface area contributed by atoms with Crippen molar-refractivity contribution in [2.45, 2.75) is 44.2 Å². The topological polar surface area (TPSA) is 75.4 Å². The number of amides is 2. The van der Waals surface area contributed by atoms with Gasteiger partial charge >= 0.3 is 0 Å². The zero-order chi connectivity index (χ0) is 12.4. The van der Waals surface area contributed by atoms with E-state index in [4.69, 9.17) is 5.73 Å². The van der Waals surface area contributed by atoms with Gasteiger partial charge in [-0.05, 0) is 39.2 Å². The predicted molar refractivity (Wildman–Crippen MR) is 64.1 cm³/mol. The second-order valence-corrected chi connectivity index (χ2v) is 5.07. The molecule has 1 unspecified atom stereocenters. The van der Waals surface area contributed by atoms with Crippen LogP contribution in [0.25, 0.3) is 0 Å². The first-order valence-electron chi connectivity index (χ1n) is 6.40. The Morgan fingerprint density at radius 3 is 2.41 bits per heavy atom. The van der Waals surface area contributed by atoms with Gasteiger partial charge in [-0.25, -0.2) is 0 Å². The van der Waals surface area contributed by atoms with E-state index in [0.717, 1.165) is 25.7 Å². The van der Waals surface area contributed by atoms with E-state index in [-0.39, 0.29) is 5.91 Å². The van der Waals surface area contributed by atoms with Gasteiger partial charge < -0.3 is 16.0 Å². The molecule has 0 aromatic rings. The second kappa shape index (κ2) is 5.04. The molecule has 0 aromatic carbocycles. The number of nitrogens with one attached hydrogen (secondary N) is 1. The largest absolute Gasteiger partial charge is 0.369 e. The molecule has 17 heavy (non-hydrogen) atoms. The average Bonchev–Trinajstić information content (AvgIpc) is 2.71. The van der Waals surface area contributed by atoms with Gasteiger partial charge in [0.25, 0.3) is 0 Å². The number of nitrogens with two attached hydrogens (primary N) is 1. The van der Waals surface area contributed by atoms with Crippen LogP contribution in [0.3, 0.4) is 0 Å². The zero-order valence-electron chi connectivity index (χ0n) is 10.3. The fraction of sp³-hybridized carbons (Fsp3) is 0.833. The molecule has 2 rings (SSSR count). The zero-order valence-corrected chi connectivity index (χ0v) is 10.3. The van der Waals surface area contributed by atoms with E-state index in [2.05, 4.69) is 5.32 Å². The number of carbonyl (C=O) groups is 2. The third-order valence-corrected chi connectivity index (χ3v) is 4.13. The lowest BCUT2D eigenvalue weighted by molar-refractivity contribution is -0.138. The van der Waals surface area contributed by atoms with Gasteiger partial charge in [-0.3, -0.25) is 9.59 Å². The van der Waals surface area contributed by atoms with Crippen LogP contribution in [0, 0.1) is 5.92 Å². The highest BCUT2D eigenvalue weighted by atomic mass is 16.2. The molecule has 1 aliphatic carbocycles. The highest BCUT2D eigenvalue weighted by Gasteiger charge is 2.39. The summed E-state index contributed by atoms with van der Waals surface area (Å²) >= 11 is 0. The Balaban J connectivity index is 1.92. The minimum absolute atomic E-state index is 0.0505. The summed E-state index contributed by atoms with van der Waals surface area (Å²) in [5.41, 5.74) is 5.23. The maximum atomic E-state index is 12.0. The molecule has 5 nitrogen and oxygen atoms in total. The molecular formula is C12H21N3O2. The number of hydrogen-bond acceptors (Lipinski definition) is 3. The van der Waals surface area contributed by atoms with Crippen molar-refractivity contribution in [3.63, 3.8) is 0 Å². The van der Waals surface area contributed by atoms with Gasteiger partial charge in [-0.1, -0.05) is 0 Å². The summed E-state index contributed by atoms with van der Waals surface area (Å²) in [6.07, 6.45) is 4.87. The predicted octanol–water partition coefficient (Wildman–Crippen LogP) is -0.149. The summed E-state index contributed by atoms with van der Waals surface area (Å²) in [4.78, 5) is 25.0. The quantitative estimate of drug-likeness (QED) is 0.673. The highest BCUT2D eigenvalue weighted by molar-refractivity contribution is 6.01. The van der Waals surface area contributed by atoms with Crippen LogP contribution in [0.5, 0.6) is 0 Å². The standard InChI is InChI=1S/C12H21N3O2/c1-14-8-2-4-9(5-3-8)15-7-6-10(11(13)16)12(15)17/h8-10,14H,2-7H2,1H3,(H2,13,16)/t8-,9-,10?. The molecule has 1 aliphatic heterocycles. The Bertz CT molecular complexity index is 311. The lowest BCUT2D eigenvalue weighted by Crippen LogP contribution is -2.44. The average molecular weight is 239 g/mol. The molecule has 2 aliphatic rings. The van der Waals surface area contributed by atoms with E-state index >= 15 is 0 Å². The third kappa shape index (κ3) is 2.44. The molecule has 2 fully saturated rings. The van der Waals surface area contributed by atoms with Crippen molar-refractivity contribution in [2.75, 3.05) is 13.6 Å². The van der Waals surface area contributed by atoms with Gasteiger partial charge in [0, 0.05) is 18.6 Å². The van der Waals surface area contributed by atoms with E-state index in [0.29, 0.717) is 25.0 Å². The van der Waals surface area contributed by atoms with Crippen molar-refractivity contribution < 1.29 is 9.59 Å². The third-order valence-electron chi connectivity index (χ3n) is 4.13. The summed E-state index contributed by atoms with van der Waals surface area (Å²) in [5, 5.41) is 3.28. The summed E-state index contributed by atoms with van der Waals surface area (Å²) in [6, 6.07) is 0.896. The Kier molecular flexibility index (Phi) is 3.66. The monoisotopic (exact) mass is 239 g/mol. The van der Waals surface area contributed by atoms with Crippen molar-refractivity contribution in [3.8, 4) is 0 Å². The van der Waals surface area contributed by atoms with Gasteiger partial charge in [0.05, 0.1) is 0 Å². The summed E-state index contributed by atoms with van der Waals surface area (Å²) in [5.74, 6) is -1.09. The number of rotatable bonds is 3. The summed E-state index contributed by atoms with van der Waals surface area (Å²) < 4.78 is 0. The number of carbonyl (C=O) groups excluding carboxylic acids is 2. The fourth-order valence-corrected chi connectivity index (χ4v) is 3.00. The molecule has 1 heterocycles. The molecule has 1 saturated carbocycles. The van der Waals surface area contributed by atoms with Gasteiger partial charge in [-0.2, -0.15) is 0 Å². The van der Waals surface area contributed by atoms with E-state index in [9.17, 15) is 9.59 Å². The molecule has 1 saturated heterocycles. The first-order valence-corrected chi connectivity index (χ1v) is 6.40. The first-order chi connectivity index (χ1) is 8.13. The van der Waals surface area contributed by atoms with Gasteiger partial charge in [0.15, 0.2) is 0 Å². The fourth-order valence-electron chi connectivity index (χ4n) is 3.00. The number of likely N-dealkylation sites (tertiary alicyclic amines) is 1. The van der Waals surface area contributed by atoms with Crippen molar-refractivity contribution in [2.24, 2.45) is 11.7 Å². The molecule has 1 atom stereocenters. The van der Waals surface area contributed by atoms with Crippen LogP contribution in [0.4, 0.5) is 0 Å².